The molecule has 0 radical (unpaired) electrons. The lowest BCUT2D eigenvalue weighted by Crippen LogP contribution is -2.30. The fraction of sp³-hybridized carbons (Fsp3) is 0.300. The van der Waals surface area contributed by atoms with Crippen molar-refractivity contribution in [1.82, 2.24) is 24.6 Å². The predicted molar refractivity (Wildman–Crippen MR) is 142 cm³/mol. The first-order valence-corrected chi connectivity index (χ1v) is 12.9. The summed E-state index contributed by atoms with van der Waals surface area (Å²) in [5.41, 5.74) is 7.97. The van der Waals surface area contributed by atoms with E-state index in [1.54, 1.807) is 0 Å². The van der Waals surface area contributed by atoms with Crippen molar-refractivity contribution in [3.8, 4) is 22.5 Å². The third-order valence-electron chi connectivity index (χ3n) is 7.85. The number of benzene rings is 3. The summed E-state index contributed by atoms with van der Waals surface area (Å²) in [6, 6.07) is 21.4. The summed E-state index contributed by atoms with van der Waals surface area (Å²) in [6.45, 7) is 4.79. The Morgan fingerprint density at radius 1 is 1.00 bits per heavy atom. The number of para-hydroxylation sites is 1. The number of imidazole rings is 1. The molecule has 3 aromatic carbocycles. The van der Waals surface area contributed by atoms with E-state index in [2.05, 4.69) is 87.3 Å². The third-order valence-corrected chi connectivity index (χ3v) is 7.85. The number of hydrogen-bond donors (Lipinski definition) is 1. The number of carbonyl (C=O) groups is 1. The smallest absolute Gasteiger partial charge is 0.225 e. The molecule has 1 saturated carbocycles. The zero-order chi connectivity index (χ0) is 24.2. The van der Waals surface area contributed by atoms with Crippen molar-refractivity contribution >= 4 is 27.8 Å². The maximum Gasteiger partial charge on any atom is 0.225 e. The number of rotatable bonds is 5. The van der Waals surface area contributed by atoms with Gasteiger partial charge in [-0.2, -0.15) is 5.10 Å². The molecule has 6 nitrogen and oxygen atoms in total. The van der Waals surface area contributed by atoms with Crippen LogP contribution in [-0.4, -0.2) is 43.6 Å². The van der Waals surface area contributed by atoms with Crippen LogP contribution in [0.15, 0.2) is 66.9 Å². The van der Waals surface area contributed by atoms with Gasteiger partial charge in [0.05, 0.1) is 22.7 Å². The largest absolute Gasteiger partial charge is 0.342 e. The van der Waals surface area contributed by atoms with E-state index in [1.807, 2.05) is 6.20 Å². The lowest BCUT2D eigenvalue weighted by Gasteiger charge is -2.18. The van der Waals surface area contributed by atoms with Crippen molar-refractivity contribution in [2.75, 3.05) is 13.1 Å². The van der Waals surface area contributed by atoms with Gasteiger partial charge in [0, 0.05) is 36.5 Å². The van der Waals surface area contributed by atoms with Gasteiger partial charge in [-0.15, -0.1) is 0 Å². The third kappa shape index (κ3) is 3.68. The predicted octanol–water partition coefficient (Wildman–Crippen LogP) is 5.81. The van der Waals surface area contributed by atoms with Crippen LogP contribution in [0.1, 0.15) is 24.8 Å². The average Bonchev–Trinajstić information content (AvgIpc) is 3.29. The Morgan fingerprint density at radius 2 is 1.81 bits per heavy atom. The number of carbonyl (C=O) groups excluding carboxylic acids is 1. The van der Waals surface area contributed by atoms with Crippen molar-refractivity contribution in [2.45, 2.75) is 32.7 Å². The fourth-order valence-corrected chi connectivity index (χ4v) is 5.73. The first-order chi connectivity index (χ1) is 17.6. The van der Waals surface area contributed by atoms with Gasteiger partial charge in [0.25, 0.3) is 0 Å². The Morgan fingerprint density at radius 3 is 2.64 bits per heavy atom. The second-order valence-electron chi connectivity index (χ2n) is 10.5. The van der Waals surface area contributed by atoms with Gasteiger partial charge in [0.1, 0.15) is 5.82 Å². The summed E-state index contributed by atoms with van der Waals surface area (Å²) < 4.78 is 2.40. The summed E-state index contributed by atoms with van der Waals surface area (Å²) >= 11 is 0. The maximum absolute atomic E-state index is 12.6. The van der Waals surface area contributed by atoms with Crippen molar-refractivity contribution in [3.63, 3.8) is 0 Å². The molecule has 0 unspecified atom stereocenters. The zero-order valence-electron chi connectivity index (χ0n) is 20.4. The molecule has 180 valence electrons. The average molecular weight is 476 g/mol. The van der Waals surface area contributed by atoms with Crippen molar-refractivity contribution in [3.05, 3.63) is 72.4 Å². The second kappa shape index (κ2) is 8.33. The molecule has 1 N–H and O–H groups in total. The highest BCUT2D eigenvalue weighted by molar-refractivity contribution is 5.86. The van der Waals surface area contributed by atoms with E-state index in [9.17, 15) is 4.79 Å². The number of H-pyrrole nitrogens is 1. The normalized spacial score (nSPS) is 17.9. The van der Waals surface area contributed by atoms with Gasteiger partial charge in [0.15, 0.2) is 0 Å². The molecule has 2 aliphatic rings. The first-order valence-electron chi connectivity index (χ1n) is 12.9. The molecule has 5 aromatic rings. The zero-order valence-corrected chi connectivity index (χ0v) is 20.4. The number of nitrogens with zero attached hydrogens (tertiary/aromatic N) is 4. The maximum atomic E-state index is 12.6. The lowest BCUT2D eigenvalue weighted by atomic mass is 10.0. The van der Waals surface area contributed by atoms with Crippen molar-refractivity contribution < 1.29 is 4.79 Å². The molecule has 7 rings (SSSR count). The Labute approximate surface area is 210 Å². The summed E-state index contributed by atoms with van der Waals surface area (Å²) in [6.07, 6.45) is 5.06. The van der Waals surface area contributed by atoms with Crippen LogP contribution in [0.5, 0.6) is 0 Å². The van der Waals surface area contributed by atoms with Crippen LogP contribution < -0.4 is 0 Å². The molecule has 1 aliphatic carbocycles. The molecule has 6 heteroatoms. The summed E-state index contributed by atoms with van der Waals surface area (Å²) in [5, 5.41) is 8.26. The van der Waals surface area contributed by atoms with Gasteiger partial charge in [-0.25, -0.2) is 4.98 Å². The minimum atomic E-state index is 0.295. The molecular formula is C30H29N5O. The first kappa shape index (κ1) is 21.4. The molecule has 0 bridgehead atoms. The van der Waals surface area contributed by atoms with Crippen LogP contribution in [0, 0.1) is 18.8 Å². The Hall–Kier alpha value is -3.93. The topological polar surface area (TPSA) is 66.8 Å². The summed E-state index contributed by atoms with van der Waals surface area (Å²) in [4.78, 5) is 19.8. The highest BCUT2D eigenvalue weighted by Gasteiger charge is 2.36. The summed E-state index contributed by atoms with van der Waals surface area (Å²) in [5.74, 6) is 2.12. The van der Waals surface area contributed by atoms with Crippen LogP contribution in [0.4, 0.5) is 0 Å². The highest BCUT2D eigenvalue weighted by atomic mass is 16.2. The number of amides is 1. The molecule has 1 aliphatic heterocycles. The van der Waals surface area contributed by atoms with Gasteiger partial charge >= 0.3 is 0 Å². The Kier molecular flexibility index (Phi) is 4.94. The number of aromatic amines is 1. The van der Waals surface area contributed by atoms with Gasteiger partial charge in [-0.1, -0.05) is 42.5 Å². The van der Waals surface area contributed by atoms with Gasteiger partial charge in [0.2, 0.25) is 5.91 Å². The molecule has 3 heterocycles. The van der Waals surface area contributed by atoms with E-state index in [-0.39, 0.29) is 0 Å². The van der Waals surface area contributed by atoms with Gasteiger partial charge in [-0.05, 0) is 67.0 Å². The van der Waals surface area contributed by atoms with E-state index in [0.29, 0.717) is 17.7 Å². The Bertz CT molecular complexity index is 1590. The quantitative estimate of drug-likeness (QED) is 0.349. The number of aryl methyl sites for hydroxylation is 1. The molecule has 1 saturated heterocycles. The van der Waals surface area contributed by atoms with Crippen LogP contribution in [0.3, 0.4) is 0 Å². The number of likely N-dealkylation sites (tertiary alicyclic amines) is 1. The van der Waals surface area contributed by atoms with E-state index in [0.717, 1.165) is 66.7 Å². The monoisotopic (exact) mass is 475 g/mol. The van der Waals surface area contributed by atoms with Gasteiger partial charge in [-0.3, -0.25) is 9.89 Å². The molecule has 1 atom stereocenters. The number of aromatic nitrogens is 4. The molecular weight excluding hydrogens is 446 g/mol. The summed E-state index contributed by atoms with van der Waals surface area (Å²) in [7, 11) is 0. The Balaban J connectivity index is 1.22. The van der Waals surface area contributed by atoms with Crippen LogP contribution in [-0.2, 0) is 11.3 Å². The molecule has 1 amide bonds. The molecule has 2 fully saturated rings. The number of nitrogens with one attached hydrogen (secondary N) is 1. The number of hydrogen-bond acceptors (Lipinski definition) is 3. The van der Waals surface area contributed by atoms with Crippen LogP contribution >= 0.6 is 0 Å². The van der Waals surface area contributed by atoms with E-state index in [4.69, 9.17) is 4.98 Å². The second-order valence-corrected chi connectivity index (χ2v) is 10.5. The van der Waals surface area contributed by atoms with Gasteiger partial charge < -0.3 is 9.47 Å². The number of fused-ring (bicyclic) bond motifs is 2. The lowest BCUT2D eigenvalue weighted by molar-refractivity contribution is -0.131. The molecule has 2 aromatic heterocycles. The molecule has 0 spiro atoms. The van der Waals surface area contributed by atoms with E-state index in [1.165, 1.54) is 22.2 Å². The van der Waals surface area contributed by atoms with Crippen molar-refractivity contribution in [1.29, 1.82) is 0 Å². The minimum Gasteiger partial charge on any atom is -0.342 e. The fourth-order valence-electron chi connectivity index (χ4n) is 5.73. The minimum absolute atomic E-state index is 0.295. The van der Waals surface area contributed by atoms with E-state index < -0.39 is 0 Å². The van der Waals surface area contributed by atoms with Crippen LogP contribution in [0.2, 0.25) is 0 Å². The molecule has 36 heavy (non-hydrogen) atoms. The standard InChI is InChI=1S/C30H29N5O/c1-19-3-2-4-27-28(19)35(18-20-13-14-34(17-20)30(36)23-9-10-23)29(32-27)22-7-5-21(6-8-22)24-11-12-26-25(15-24)16-31-33-26/h2-8,11-12,15-16,20,23H,9-10,13-14,17-18H2,1H3,(H,31,33)/t20-/m1/s1. The van der Waals surface area contributed by atoms with Crippen LogP contribution in [0.25, 0.3) is 44.5 Å². The van der Waals surface area contributed by atoms with E-state index >= 15 is 0 Å². The highest BCUT2D eigenvalue weighted by Crippen LogP contribution is 2.35. The SMILES string of the molecule is Cc1cccc2nc(-c3ccc(-c4ccc5[nH]ncc5c4)cc3)n(C[C@@H]3CCN(C(=O)C4CC4)C3)c12. The van der Waals surface area contributed by atoms with Crippen molar-refractivity contribution in [2.24, 2.45) is 11.8 Å².